The second-order valence-corrected chi connectivity index (χ2v) is 4.95. The molecule has 5 heteroatoms. The fraction of sp³-hybridized carbons (Fsp3) is 0.0833. The molecule has 88 valence electrons. The van der Waals surface area contributed by atoms with Crippen LogP contribution in [0.15, 0.2) is 39.5 Å². The van der Waals surface area contributed by atoms with Gasteiger partial charge in [0.1, 0.15) is 5.75 Å². The summed E-state index contributed by atoms with van der Waals surface area (Å²) in [6.07, 6.45) is 0. The molecule has 3 nitrogen and oxygen atoms in total. The van der Waals surface area contributed by atoms with Crippen LogP contribution in [-0.4, -0.2) is 13.0 Å². The van der Waals surface area contributed by atoms with Crippen molar-refractivity contribution in [2.75, 3.05) is 12.4 Å². The fourth-order valence-electron chi connectivity index (χ4n) is 1.34. The summed E-state index contributed by atoms with van der Waals surface area (Å²) < 4.78 is 5.84. The number of amides is 1. The Morgan fingerprint density at radius 3 is 2.88 bits per heavy atom. The highest BCUT2D eigenvalue weighted by Crippen LogP contribution is 2.23. The lowest BCUT2D eigenvalue weighted by atomic mass is 10.2. The van der Waals surface area contributed by atoms with Gasteiger partial charge in [-0.05, 0) is 45.6 Å². The van der Waals surface area contributed by atoms with Crippen molar-refractivity contribution in [3.8, 4) is 5.75 Å². The van der Waals surface area contributed by atoms with Crippen LogP contribution >= 0.6 is 27.3 Å². The number of ether oxygens (including phenoxy) is 1. The molecule has 1 N–H and O–H groups in total. The molecule has 0 bridgehead atoms. The molecule has 0 aliphatic heterocycles. The monoisotopic (exact) mass is 311 g/mol. The van der Waals surface area contributed by atoms with E-state index in [4.69, 9.17) is 4.74 Å². The normalized spacial score (nSPS) is 10.0. The molecular formula is C12H10BrNO2S. The lowest BCUT2D eigenvalue weighted by molar-refractivity contribution is 0.102. The summed E-state index contributed by atoms with van der Waals surface area (Å²) in [5.41, 5.74) is 1.35. The molecule has 2 aromatic rings. The Balaban J connectivity index is 2.24. The van der Waals surface area contributed by atoms with E-state index in [2.05, 4.69) is 21.2 Å². The van der Waals surface area contributed by atoms with Crippen LogP contribution in [0.4, 0.5) is 5.69 Å². The van der Waals surface area contributed by atoms with Gasteiger partial charge in [-0.15, -0.1) is 0 Å². The van der Waals surface area contributed by atoms with Gasteiger partial charge in [0.2, 0.25) is 0 Å². The van der Waals surface area contributed by atoms with Gasteiger partial charge < -0.3 is 10.1 Å². The highest BCUT2D eigenvalue weighted by atomic mass is 79.9. The number of carbonyl (C=O) groups is 1. The molecule has 0 aliphatic rings. The molecule has 17 heavy (non-hydrogen) atoms. The van der Waals surface area contributed by atoms with Gasteiger partial charge in [0.15, 0.2) is 0 Å². The largest absolute Gasteiger partial charge is 0.497 e. The van der Waals surface area contributed by atoms with Crippen LogP contribution in [0.25, 0.3) is 0 Å². The van der Waals surface area contributed by atoms with E-state index in [1.165, 1.54) is 11.3 Å². The first-order valence-electron chi connectivity index (χ1n) is 4.88. The quantitative estimate of drug-likeness (QED) is 0.937. The summed E-state index contributed by atoms with van der Waals surface area (Å²) in [4.78, 5) is 12.0. The van der Waals surface area contributed by atoms with E-state index in [0.717, 1.165) is 10.2 Å². The van der Waals surface area contributed by atoms with Crippen molar-refractivity contribution < 1.29 is 9.53 Å². The number of halogens is 1. The Kier molecular flexibility index (Phi) is 3.81. The zero-order valence-electron chi connectivity index (χ0n) is 9.07. The van der Waals surface area contributed by atoms with Crippen molar-refractivity contribution in [3.05, 3.63) is 45.1 Å². The van der Waals surface area contributed by atoms with Gasteiger partial charge in [-0.2, -0.15) is 11.3 Å². The zero-order valence-corrected chi connectivity index (χ0v) is 11.5. The molecule has 0 saturated carbocycles. The molecule has 2 rings (SSSR count). The molecule has 0 unspecified atom stereocenters. The Morgan fingerprint density at radius 1 is 1.41 bits per heavy atom. The van der Waals surface area contributed by atoms with E-state index in [0.29, 0.717) is 11.3 Å². The van der Waals surface area contributed by atoms with E-state index in [1.807, 2.05) is 16.8 Å². The van der Waals surface area contributed by atoms with E-state index < -0.39 is 0 Å². The summed E-state index contributed by atoms with van der Waals surface area (Å²) in [6.45, 7) is 0. The first kappa shape index (κ1) is 12.1. The first-order chi connectivity index (χ1) is 8.20. The molecule has 0 fully saturated rings. The molecule has 0 spiro atoms. The van der Waals surface area contributed by atoms with Gasteiger partial charge in [-0.1, -0.05) is 0 Å². The van der Waals surface area contributed by atoms with Crippen LogP contribution in [0, 0.1) is 0 Å². The number of methoxy groups -OCH3 is 1. The predicted molar refractivity (Wildman–Crippen MR) is 73.0 cm³/mol. The smallest absolute Gasteiger partial charge is 0.256 e. The Bertz CT molecular complexity index is 525. The topological polar surface area (TPSA) is 38.3 Å². The van der Waals surface area contributed by atoms with Crippen LogP contribution in [0.5, 0.6) is 5.75 Å². The third-order valence-corrected chi connectivity index (χ3v) is 3.57. The van der Waals surface area contributed by atoms with Crippen LogP contribution in [0.1, 0.15) is 10.4 Å². The molecule has 0 radical (unpaired) electrons. The number of rotatable bonds is 3. The maximum absolute atomic E-state index is 12.0. The molecular weight excluding hydrogens is 302 g/mol. The molecule has 1 heterocycles. The van der Waals surface area contributed by atoms with Crippen molar-refractivity contribution in [2.45, 2.75) is 0 Å². The number of nitrogens with one attached hydrogen (secondary N) is 1. The second-order valence-electron chi connectivity index (χ2n) is 3.31. The summed E-state index contributed by atoms with van der Waals surface area (Å²) in [5.74, 6) is 0.498. The van der Waals surface area contributed by atoms with Gasteiger partial charge in [0.05, 0.1) is 18.4 Å². The Labute approximate surface area is 112 Å². The maximum atomic E-state index is 12.0. The summed E-state index contributed by atoms with van der Waals surface area (Å²) in [6, 6.07) is 7.15. The minimum atomic E-state index is -0.158. The van der Waals surface area contributed by atoms with E-state index in [-0.39, 0.29) is 5.91 Å². The lowest BCUT2D eigenvalue weighted by Crippen LogP contribution is -2.12. The van der Waals surface area contributed by atoms with Gasteiger partial charge in [-0.25, -0.2) is 0 Å². The fourth-order valence-corrected chi connectivity index (χ4v) is 2.35. The van der Waals surface area contributed by atoms with E-state index in [1.54, 1.807) is 25.3 Å². The number of anilines is 1. The maximum Gasteiger partial charge on any atom is 0.256 e. The average molecular weight is 312 g/mol. The Hall–Kier alpha value is -1.33. The number of hydrogen-bond donors (Lipinski definition) is 1. The van der Waals surface area contributed by atoms with Gasteiger partial charge in [0.25, 0.3) is 5.91 Å². The number of carbonyl (C=O) groups excluding carboxylic acids is 1. The van der Waals surface area contributed by atoms with Crippen molar-refractivity contribution in [2.24, 2.45) is 0 Å². The van der Waals surface area contributed by atoms with Crippen molar-refractivity contribution in [1.29, 1.82) is 0 Å². The van der Waals surface area contributed by atoms with Crippen LogP contribution in [-0.2, 0) is 0 Å². The minimum Gasteiger partial charge on any atom is -0.497 e. The van der Waals surface area contributed by atoms with Crippen molar-refractivity contribution in [3.63, 3.8) is 0 Å². The van der Waals surface area contributed by atoms with Crippen LogP contribution in [0.3, 0.4) is 0 Å². The van der Waals surface area contributed by atoms with Gasteiger partial charge in [-0.3, -0.25) is 4.79 Å². The highest BCUT2D eigenvalue weighted by Gasteiger charge is 2.11. The summed E-state index contributed by atoms with van der Waals surface area (Å²) >= 11 is 4.89. The third-order valence-electron chi connectivity index (χ3n) is 2.20. The third kappa shape index (κ3) is 2.87. The van der Waals surface area contributed by atoms with Crippen molar-refractivity contribution >= 4 is 38.9 Å². The average Bonchev–Trinajstić information content (AvgIpc) is 2.82. The summed E-state index contributed by atoms with van der Waals surface area (Å²) in [7, 11) is 1.57. The second kappa shape index (κ2) is 5.33. The molecule has 0 atom stereocenters. The first-order valence-corrected chi connectivity index (χ1v) is 6.61. The standard InChI is InChI=1S/C12H10BrNO2S/c1-16-9-2-3-11(13)10(6-9)12(15)14-8-4-5-17-7-8/h2-7H,1H3,(H,14,15). The van der Waals surface area contributed by atoms with Gasteiger partial charge >= 0.3 is 0 Å². The molecule has 1 aromatic heterocycles. The van der Waals surface area contributed by atoms with Crippen LogP contribution < -0.4 is 10.1 Å². The SMILES string of the molecule is COc1ccc(Br)c(C(=O)Nc2ccsc2)c1. The highest BCUT2D eigenvalue weighted by molar-refractivity contribution is 9.10. The minimum absolute atomic E-state index is 0.158. The molecule has 0 saturated heterocycles. The van der Waals surface area contributed by atoms with Gasteiger partial charge in [0, 0.05) is 9.85 Å². The summed E-state index contributed by atoms with van der Waals surface area (Å²) in [5, 5.41) is 6.61. The number of benzene rings is 1. The number of hydrogen-bond acceptors (Lipinski definition) is 3. The zero-order chi connectivity index (χ0) is 12.3. The molecule has 1 aromatic carbocycles. The van der Waals surface area contributed by atoms with E-state index in [9.17, 15) is 4.79 Å². The lowest BCUT2D eigenvalue weighted by Gasteiger charge is -2.07. The predicted octanol–water partition coefficient (Wildman–Crippen LogP) is 3.77. The number of thiophene rings is 1. The molecule has 1 amide bonds. The van der Waals surface area contributed by atoms with E-state index >= 15 is 0 Å². The molecule has 0 aliphatic carbocycles. The van der Waals surface area contributed by atoms with Crippen molar-refractivity contribution in [1.82, 2.24) is 0 Å². The Morgan fingerprint density at radius 2 is 2.24 bits per heavy atom. The van der Waals surface area contributed by atoms with Crippen LogP contribution in [0.2, 0.25) is 0 Å².